The third kappa shape index (κ3) is 5.58. The highest BCUT2D eigenvalue weighted by molar-refractivity contribution is 5.99. The van der Waals surface area contributed by atoms with E-state index in [1.54, 1.807) is 12.1 Å². The van der Waals surface area contributed by atoms with E-state index in [-0.39, 0.29) is 5.82 Å². The number of nitrogen functional groups attached to an aromatic ring is 1. The van der Waals surface area contributed by atoms with Crippen LogP contribution >= 0.6 is 0 Å². The van der Waals surface area contributed by atoms with Gasteiger partial charge in [0.2, 0.25) is 5.95 Å². The lowest BCUT2D eigenvalue weighted by molar-refractivity contribution is 0.123. The van der Waals surface area contributed by atoms with Gasteiger partial charge in [-0.25, -0.2) is 9.37 Å². The predicted molar refractivity (Wildman–Crippen MR) is 146 cm³/mol. The number of ether oxygens (including phenoxy) is 2. The van der Waals surface area contributed by atoms with E-state index < -0.39 is 0 Å². The first kappa shape index (κ1) is 24.7. The van der Waals surface area contributed by atoms with Crippen LogP contribution in [0.4, 0.5) is 27.5 Å². The van der Waals surface area contributed by atoms with Crippen LogP contribution in [0.25, 0.3) is 22.0 Å². The fourth-order valence-corrected chi connectivity index (χ4v) is 4.38. The highest BCUT2D eigenvalue weighted by atomic mass is 19.1. The Balaban J connectivity index is 1.48. The maximum atomic E-state index is 15.3. The second kappa shape index (κ2) is 11.0. The van der Waals surface area contributed by atoms with Crippen LogP contribution in [-0.4, -0.2) is 68.4 Å². The van der Waals surface area contributed by atoms with E-state index in [0.29, 0.717) is 59.4 Å². The van der Waals surface area contributed by atoms with E-state index in [1.807, 2.05) is 55.4 Å². The van der Waals surface area contributed by atoms with Crippen molar-refractivity contribution in [3.63, 3.8) is 0 Å². The van der Waals surface area contributed by atoms with Crippen LogP contribution in [0.1, 0.15) is 0 Å². The number of nitrogens with zero attached hydrogens (tertiary/aromatic N) is 4. The van der Waals surface area contributed by atoms with Gasteiger partial charge in [-0.15, -0.1) is 0 Å². The molecule has 0 bridgehead atoms. The molecule has 0 radical (unpaired) electrons. The minimum absolute atomic E-state index is 0.322. The van der Waals surface area contributed by atoms with Crippen LogP contribution in [0, 0.1) is 5.82 Å². The largest absolute Gasteiger partial charge is 0.492 e. The van der Waals surface area contributed by atoms with Crippen molar-refractivity contribution in [3.05, 3.63) is 66.5 Å². The molecule has 3 aromatic carbocycles. The maximum absolute atomic E-state index is 15.3. The van der Waals surface area contributed by atoms with Crippen LogP contribution in [0.5, 0.6) is 5.75 Å². The Morgan fingerprint density at radius 2 is 1.84 bits per heavy atom. The van der Waals surface area contributed by atoms with Crippen LogP contribution in [0.15, 0.2) is 60.7 Å². The third-order valence-corrected chi connectivity index (χ3v) is 6.30. The van der Waals surface area contributed by atoms with Crippen molar-refractivity contribution in [1.29, 1.82) is 0 Å². The Bertz CT molecular complexity index is 1390. The average molecular weight is 503 g/mol. The molecule has 0 amide bonds. The molecule has 9 heteroatoms. The van der Waals surface area contributed by atoms with Gasteiger partial charge in [0.15, 0.2) is 0 Å². The van der Waals surface area contributed by atoms with Gasteiger partial charge in [0.05, 0.1) is 30.1 Å². The topological polar surface area (TPSA) is 88.8 Å². The normalized spacial score (nSPS) is 13.8. The molecule has 1 aliphatic rings. The number of aromatic nitrogens is 2. The molecule has 8 nitrogen and oxygen atoms in total. The molecule has 0 saturated carbocycles. The smallest absolute Gasteiger partial charge is 0.229 e. The number of rotatable bonds is 8. The molecule has 1 fully saturated rings. The monoisotopic (exact) mass is 502 g/mol. The van der Waals surface area contributed by atoms with E-state index >= 15 is 4.39 Å². The van der Waals surface area contributed by atoms with Crippen LogP contribution in [-0.2, 0) is 4.74 Å². The number of hydrogen-bond donors (Lipinski definition) is 2. The van der Waals surface area contributed by atoms with Crippen molar-refractivity contribution in [2.24, 2.45) is 0 Å². The first-order valence-electron chi connectivity index (χ1n) is 12.3. The van der Waals surface area contributed by atoms with Crippen molar-refractivity contribution in [2.45, 2.75) is 0 Å². The Labute approximate surface area is 215 Å². The summed E-state index contributed by atoms with van der Waals surface area (Å²) in [7, 11) is 3.93. The molecule has 0 spiro atoms. The zero-order valence-corrected chi connectivity index (χ0v) is 21.1. The molecule has 2 heterocycles. The summed E-state index contributed by atoms with van der Waals surface area (Å²) in [5, 5.41) is 4.00. The van der Waals surface area contributed by atoms with Gasteiger partial charge < -0.3 is 30.3 Å². The fourth-order valence-electron chi connectivity index (χ4n) is 4.38. The van der Waals surface area contributed by atoms with Crippen molar-refractivity contribution in [2.75, 3.05) is 69.5 Å². The molecule has 4 aromatic rings. The fraction of sp³-hybridized carbons (Fsp3) is 0.286. The summed E-state index contributed by atoms with van der Waals surface area (Å²) in [5.74, 6) is 0.767. The average Bonchev–Trinajstić information content (AvgIpc) is 2.89. The Morgan fingerprint density at radius 3 is 2.62 bits per heavy atom. The van der Waals surface area contributed by atoms with Crippen molar-refractivity contribution >= 4 is 34.0 Å². The Kier molecular flexibility index (Phi) is 7.34. The van der Waals surface area contributed by atoms with E-state index in [9.17, 15) is 0 Å². The predicted octanol–water partition coefficient (Wildman–Crippen LogP) is 4.54. The summed E-state index contributed by atoms with van der Waals surface area (Å²) < 4.78 is 26.5. The molecule has 1 aliphatic heterocycles. The van der Waals surface area contributed by atoms with Gasteiger partial charge in [-0.1, -0.05) is 24.3 Å². The van der Waals surface area contributed by atoms with Crippen LogP contribution in [0.3, 0.4) is 0 Å². The molecule has 0 aliphatic carbocycles. The zero-order chi connectivity index (χ0) is 25.8. The van der Waals surface area contributed by atoms with Crippen LogP contribution < -0.4 is 20.7 Å². The van der Waals surface area contributed by atoms with E-state index in [4.69, 9.17) is 20.2 Å². The third-order valence-electron chi connectivity index (χ3n) is 6.30. The number of para-hydroxylation sites is 3. The van der Waals surface area contributed by atoms with Crippen molar-refractivity contribution in [1.82, 2.24) is 14.9 Å². The quantitative estimate of drug-likeness (QED) is 0.363. The number of fused-ring (bicyclic) bond motifs is 1. The second-order valence-corrected chi connectivity index (χ2v) is 9.17. The number of hydrogen-bond acceptors (Lipinski definition) is 8. The minimum Gasteiger partial charge on any atom is -0.492 e. The standard InChI is InChI=1S/C28H31FN6O2/c1-34(2)12-17-37-19-10-11-20(23(29)18-19)21-6-5-7-22-26(21)32-28(33-27(22)30)31-24-8-3-4-9-25(24)35-13-15-36-16-14-35/h3-11,18H,12-17H2,1-2H3,(H3,30,31,32,33). The molecule has 3 N–H and O–H groups in total. The second-order valence-electron chi connectivity index (χ2n) is 9.17. The van der Waals surface area contributed by atoms with E-state index in [0.717, 1.165) is 31.0 Å². The molecule has 0 unspecified atom stereocenters. The summed E-state index contributed by atoms with van der Waals surface area (Å²) >= 11 is 0. The van der Waals surface area contributed by atoms with Gasteiger partial charge >= 0.3 is 0 Å². The molecule has 192 valence electrons. The van der Waals surface area contributed by atoms with Gasteiger partial charge in [-0.3, -0.25) is 0 Å². The highest BCUT2D eigenvalue weighted by Crippen LogP contribution is 2.35. The number of morpholine rings is 1. The molecule has 0 atom stereocenters. The summed E-state index contributed by atoms with van der Waals surface area (Å²) in [6, 6.07) is 18.4. The lowest BCUT2D eigenvalue weighted by Gasteiger charge is -2.30. The first-order valence-corrected chi connectivity index (χ1v) is 12.3. The number of likely N-dealkylation sites (N-methyl/N-ethyl adjacent to an activating group) is 1. The van der Waals surface area contributed by atoms with E-state index in [1.165, 1.54) is 6.07 Å². The number of anilines is 4. The molecule has 37 heavy (non-hydrogen) atoms. The van der Waals surface area contributed by atoms with Gasteiger partial charge in [0.1, 0.15) is 24.0 Å². The van der Waals surface area contributed by atoms with Gasteiger partial charge in [0, 0.05) is 42.2 Å². The van der Waals surface area contributed by atoms with Gasteiger partial charge in [-0.05, 0) is 44.4 Å². The number of nitrogens with two attached hydrogens (primary N) is 1. The minimum atomic E-state index is -0.390. The van der Waals surface area contributed by atoms with Gasteiger partial charge in [-0.2, -0.15) is 4.98 Å². The summed E-state index contributed by atoms with van der Waals surface area (Å²) in [4.78, 5) is 13.5. The van der Waals surface area contributed by atoms with Crippen molar-refractivity contribution in [3.8, 4) is 16.9 Å². The SMILES string of the molecule is CN(C)CCOc1ccc(-c2cccc3c(N)nc(Nc4ccccc4N4CCOCC4)nc23)c(F)c1. The highest BCUT2D eigenvalue weighted by Gasteiger charge is 2.17. The van der Waals surface area contributed by atoms with E-state index in [2.05, 4.69) is 21.3 Å². The first-order chi connectivity index (χ1) is 18.0. The van der Waals surface area contributed by atoms with Crippen LogP contribution in [0.2, 0.25) is 0 Å². The van der Waals surface area contributed by atoms with Gasteiger partial charge in [0.25, 0.3) is 0 Å². The molecular weight excluding hydrogens is 471 g/mol. The number of benzene rings is 3. The Hall–Kier alpha value is -3.95. The summed E-state index contributed by atoms with van der Waals surface area (Å²) in [5.41, 5.74) is 9.87. The Morgan fingerprint density at radius 1 is 1.03 bits per heavy atom. The zero-order valence-electron chi connectivity index (χ0n) is 21.1. The summed E-state index contributed by atoms with van der Waals surface area (Å²) in [6.45, 7) is 4.19. The number of halogens is 1. The maximum Gasteiger partial charge on any atom is 0.229 e. The lowest BCUT2D eigenvalue weighted by Crippen LogP contribution is -2.36. The molecule has 5 rings (SSSR count). The number of nitrogens with one attached hydrogen (secondary N) is 1. The lowest BCUT2D eigenvalue weighted by atomic mass is 10.0. The molecular formula is C28H31FN6O2. The molecule has 1 aromatic heterocycles. The summed E-state index contributed by atoms with van der Waals surface area (Å²) in [6.07, 6.45) is 0. The molecule has 1 saturated heterocycles. The van der Waals surface area contributed by atoms with Crippen molar-refractivity contribution < 1.29 is 13.9 Å².